The molecule has 38 heavy (non-hydrogen) atoms. The van der Waals surface area contributed by atoms with Gasteiger partial charge >= 0.3 is 5.97 Å². The smallest absolute Gasteiger partial charge is 0.338 e. The van der Waals surface area contributed by atoms with E-state index in [9.17, 15) is 17.6 Å². The Morgan fingerprint density at radius 2 is 2.08 bits per heavy atom. The van der Waals surface area contributed by atoms with Crippen LogP contribution in [0.25, 0.3) is 0 Å². The van der Waals surface area contributed by atoms with Crippen molar-refractivity contribution in [2.45, 2.75) is 45.2 Å². The van der Waals surface area contributed by atoms with E-state index in [2.05, 4.69) is 35.9 Å². The molecule has 1 fully saturated rings. The zero-order valence-electron chi connectivity index (χ0n) is 21.2. The van der Waals surface area contributed by atoms with Gasteiger partial charge in [0.15, 0.2) is 10.8 Å². The number of esters is 1. The van der Waals surface area contributed by atoms with E-state index in [0.717, 1.165) is 0 Å². The molecule has 13 heteroatoms. The van der Waals surface area contributed by atoms with Gasteiger partial charge in [0, 0.05) is 47.4 Å². The fourth-order valence-electron chi connectivity index (χ4n) is 4.58. The van der Waals surface area contributed by atoms with Crippen molar-refractivity contribution < 1.29 is 22.3 Å². The number of halogens is 2. The highest BCUT2D eigenvalue weighted by molar-refractivity contribution is 9.10. The van der Waals surface area contributed by atoms with Crippen LogP contribution in [0.15, 0.2) is 50.5 Å². The zero-order valence-corrected chi connectivity index (χ0v) is 24.5. The lowest BCUT2D eigenvalue weighted by Gasteiger charge is -2.35. The first kappa shape index (κ1) is 28.8. The normalized spacial score (nSPS) is 19.3. The van der Waals surface area contributed by atoms with Gasteiger partial charge in [0.2, 0.25) is 10.0 Å². The summed E-state index contributed by atoms with van der Waals surface area (Å²) in [4.78, 5) is 24.7. The Bertz CT molecular complexity index is 1310. The number of ether oxygens (including phenoxy) is 1. The molecule has 9 nitrogen and oxygen atoms in total. The third-order valence-electron chi connectivity index (χ3n) is 6.30. The predicted molar refractivity (Wildman–Crippen MR) is 149 cm³/mol. The molecule has 2 aromatic rings. The molecular formula is C25H31BrFN5O4S2. The molecule has 206 valence electrons. The summed E-state index contributed by atoms with van der Waals surface area (Å²) in [6, 6.07) is 3.45. The van der Waals surface area contributed by atoms with E-state index >= 15 is 0 Å². The van der Waals surface area contributed by atoms with Crippen LogP contribution >= 0.6 is 27.3 Å². The highest BCUT2D eigenvalue weighted by Gasteiger charge is 2.35. The van der Waals surface area contributed by atoms with Crippen molar-refractivity contribution in [1.82, 2.24) is 19.9 Å². The molecule has 0 aliphatic carbocycles. The predicted octanol–water partition coefficient (Wildman–Crippen LogP) is 3.75. The van der Waals surface area contributed by atoms with Crippen molar-refractivity contribution in [2.24, 2.45) is 4.99 Å². The minimum atomic E-state index is -3.28. The SMILES string of the molecule is CCCS(=O)(=O)NC1CCN(CC2=C(C(=O)OCC)C(c3ccc(F)cc3Br)N=C(c3nccs3)N2)CC1. The van der Waals surface area contributed by atoms with E-state index in [1.54, 1.807) is 19.2 Å². The van der Waals surface area contributed by atoms with Crippen LogP contribution in [-0.4, -0.2) is 68.1 Å². The van der Waals surface area contributed by atoms with Gasteiger partial charge in [-0.3, -0.25) is 9.89 Å². The largest absolute Gasteiger partial charge is 0.463 e. The van der Waals surface area contributed by atoms with E-state index < -0.39 is 27.9 Å². The van der Waals surface area contributed by atoms with E-state index in [0.29, 0.717) is 71.0 Å². The lowest BCUT2D eigenvalue weighted by atomic mass is 9.95. The standard InChI is InChI=1S/C25H31BrFN5O4S2/c1-3-13-38(34,35)31-17-7-10-32(11-8-17)15-20-21(25(33)36-4-2)22(18-6-5-16(27)14-19(18)26)30-23(29-20)24-28-9-12-37-24/h5-6,9,12,14,17,22,31H,3-4,7-8,10-11,13,15H2,1-2H3,(H,29,30). The van der Waals surface area contributed by atoms with Gasteiger partial charge in [-0.25, -0.2) is 27.3 Å². The minimum absolute atomic E-state index is 0.115. The number of thiazole rings is 1. The van der Waals surface area contributed by atoms with E-state index in [-0.39, 0.29) is 18.4 Å². The van der Waals surface area contributed by atoms with E-state index in [4.69, 9.17) is 9.73 Å². The Labute approximate surface area is 234 Å². The Hall–Kier alpha value is -2.19. The van der Waals surface area contributed by atoms with Gasteiger partial charge in [0.25, 0.3) is 0 Å². The number of aliphatic imine (C=N–C) groups is 1. The van der Waals surface area contributed by atoms with Crippen LogP contribution in [0.4, 0.5) is 4.39 Å². The van der Waals surface area contributed by atoms with Crippen molar-refractivity contribution >= 4 is 49.1 Å². The second-order valence-corrected chi connectivity index (χ2v) is 12.7. The molecule has 4 rings (SSSR count). The van der Waals surface area contributed by atoms with Crippen LogP contribution in [0, 0.1) is 5.82 Å². The maximum Gasteiger partial charge on any atom is 0.338 e. The summed E-state index contributed by atoms with van der Waals surface area (Å²) in [5, 5.41) is 5.83. The molecule has 1 aromatic carbocycles. The monoisotopic (exact) mass is 627 g/mol. The van der Waals surface area contributed by atoms with Gasteiger partial charge in [-0.1, -0.05) is 28.9 Å². The number of likely N-dealkylation sites (tertiary alicyclic amines) is 1. The molecule has 0 amide bonds. The molecule has 1 atom stereocenters. The van der Waals surface area contributed by atoms with Gasteiger partial charge in [0.1, 0.15) is 11.9 Å². The van der Waals surface area contributed by atoms with Crippen molar-refractivity contribution in [3.05, 3.63) is 61.9 Å². The third-order valence-corrected chi connectivity index (χ3v) is 9.41. The van der Waals surface area contributed by atoms with Crippen LogP contribution in [0.2, 0.25) is 0 Å². The minimum Gasteiger partial charge on any atom is -0.463 e. The molecule has 2 aliphatic heterocycles. The van der Waals surface area contributed by atoms with Gasteiger partial charge in [-0.05, 0) is 43.9 Å². The second kappa shape index (κ2) is 12.8. The Morgan fingerprint density at radius 1 is 1.32 bits per heavy atom. The van der Waals surface area contributed by atoms with Gasteiger partial charge in [-0.15, -0.1) is 11.3 Å². The fraction of sp³-hybridized carbons (Fsp3) is 0.480. The number of nitrogens with zero attached hydrogens (tertiary/aromatic N) is 3. The first-order chi connectivity index (χ1) is 18.2. The summed E-state index contributed by atoms with van der Waals surface area (Å²) < 4.78 is 47.1. The van der Waals surface area contributed by atoms with Gasteiger partial charge < -0.3 is 10.1 Å². The second-order valence-electron chi connectivity index (χ2n) is 9.11. The molecular weight excluding hydrogens is 597 g/mol. The van der Waals surface area contributed by atoms with Gasteiger partial charge in [0.05, 0.1) is 17.9 Å². The Balaban J connectivity index is 1.64. The number of nitrogens with one attached hydrogen (secondary N) is 2. The summed E-state index contributed by atoms with van der Waals surface area (Å²) in [7, 11) is -3.28. The molecule has 1 aromatic heterocycles. The lowest BCUT2D eigenvalue weighted by Crippen LogP contribution is -2.47. The topological polar surface area (TPSA) is 113 Å². The molecule has 0 spiro atoms. The molecule has 3 heterocycles. The van der Waals surface area contributed by atoms with Crippen LogP contribution in [0.3, 0.4) is 0 Å². The number of benzene rings is 1. The molecule has 0 saturated carbocycles. The number of rotatable bonds is 10. The highest BCUT2D eigenvalue weighted by atomic mass is 79.9. The van der Waals surface area contributed by atoms with Crippen molar-refractivity contribution in [1.29, 1.82) is 0 Å². The number of carbonyl (C=O) groups is 1. The van der Waals surface area contributed by atoms with Gasteiger partial charge in [-0.2, -0.15) is 0 Å². The number of hydrogen-bond acceptors (Lipinski definition) is 9. The maximum absolute atomic E-state index is 13.9. The number of carbonyl (C=O) groups excluding carboxylic acids is 1. The summed E-state index contributed by atoms with van der Waals surface area (Å²) >= 11 is 4.86. The molecule has 1 saturated heterocycles. The number of amidine groups is 1. The fourth-order valence-corrected chi connectivity index (χ4v) is 7.14. The molecule has 0 radical (unpaired) electrons. The molecule has 2 aliphatic rings. The summed E-state index contributed by atoms with van der Waals surface area (Å²) in [6.07, 6.45) is 3.57. The first-order valence-electron chi connectivity index (χ1n) is 12.5. The highest BCUT2D eigenvalue weighted by Crippen LogP contribution is 2.37. The van der Waals surface area contributed by atoms with Crippen LogP contribution < -0.4 is 10.0 Å². The number of aromatic nitrogens is 1. The number of sulfonamides is 1. The van der Waals surface area contributed by atoms with Crippen LogP contribution in [-0.2, 0) is 19.6 Å². The third kappa shape index (κ3) is 7.06. The first-order valence-corrected chi connectivity index (χ1v) is 15.8. The van der Waals surface area contributed by atoms with Crippen LogP contribution in [0.5, 0.6) is 0 Å². The average molecular weight is 629 g/mol. The lowest BCUT2D eigenvalue weighted by molar-refractivity contribution is -0.139. The van der Waals surface area contributed by atoms with Crippen molar-refractivity contribution in [2.75, 3.05) is 32.0 Å². The zero-order chi connectivity index (χ0) is 27.3. The van der Waals surface area contributed by atoms with Crippen LogP contribution in [0.1, 0.15) is 49.7 Å². The van der Waals surface area contributed by atoms with Crippen molar-refractivity contribution in [3.63, 3.8) is 0 Å². The summed E-state index contributed by atoms with van der Waals surface area (Å²) in [6.45, 7) is 5.48. The number of hydrogen-bond donors (Lipinski definition) is 2. The number of piperidine rings is 1. The van der Waals surface area contributed by atoms with E-state index in [1.807, 2.05) is 12.3 Å². The average Bonchev–Trinajstić information content (AvgIpc) is 3.40. The quantitative estimate of drug-likeness (QED) is 0.386. The molecule has 2 N–H and O–H groups in total. The Morgan fingerprint density at radius 3 is 2.71 bits per heavy atom. The Kier molecular flexibility index (Phi) is 9.69. The van der Waals surface area contributed by atoms with Crippen molar-refractivity contribution in [3.8, 4) is 0 Å². The van der Waals surface area contributed by atoms with E-state index in [1.165, 1.54) is 23.5 Å². The molecule has 1 unspecified atom stereocenters. The molecule has 0 bridgehead atoms. The summed E-state index contributed by atoms with van der Waals surface area (Å²) in [5.74, 6) is -0.267. The maximum atomic E-state index is 13.9. The summed E-state index contributed by atoms with van der Waals surface area (Å²) in [5.41, 5.74) is 1.62.